The summed E-state index contributed by atoms with van der Waals surface area (Å²) in [5.41, 5.74) is 1.92. The molecule has 3 nitrogen and oxygen atoms in total. The van der Waals surface area contributed by atoms with Crippen molar-refractivity contribution in [1.82, 2.24) is 0 Å². The van der Waals surface area contributed by atoms with Crippen LogP contribution in [0.2, 0.25) is 0 Å². The standard InChI is InChI=1S/C16H18FNO2/c1-10-5-4-6-14(17)16(10)18-11(2)13-9-12(20-3)7-8-15(13)19/h4-9,11,18-19H,1-3H3. The monoisotopic (exact) mass is 275 g/mol. The number of aryl methyl sites for hydroxylation is 1. The first-order chi connectivity index (χ1) is 9.52. The molecular weight excluding hydrogens is 257 g/mol. The van der Waals surface area contributed by atoms with Crippen molar-refractivity contribution in [3.63, 3.8) is 0 Å². The molecule has 1 unspecified atom stereocenters. The van der Waals surface area contributed by atoms with Gasteiger partial charge in [0.05, 0.1) is 18.8 Å². The molecule has 20 heavy (non-hydrogen) atoms. The molecule has 0 bridgehead atoms. The van der Waals surface area contributed by atoms with Gasteiger partial charge in [-0.25, -0.2) is 4.39 Å². The number of benzene rings is 2. The maximum Gasteiger partial charge on any atom is 0.146 e. The number of aromatic hydroxyl groups is 1. The predicted octanol–water partition coefficient (Wildman–Crippen LogP) is 4.02. The number of anilines is 1. The van der Waals surface area contributed by atoms with Crippen LogP contribution < -0.4 is 10.1 Å². The summed E-state index contributed by atoms with van der Waals surface area (Å²) in [6.45, 7) is 3.70. The third-order valence-electron chi connectivity index (χ3n) is 3.28. The number of methoxy groups -OCH3 is 1. The Morgan fingerprint density at radius 3 is 2.65 bits per heavy atom. The number of phenols is 1. The smallest absolute Gasteiger partial charge is 0.146 e. The lowest BCUT2D eigenvalue weighted by atomic mass is 10.1. The first kappa shape index (κ1) is 14.2. The minimum Gasteiger partial charge on any atom is -0.508 e. The van der Waals surface area contributed by atoms with Gasteiger partial charge in [-0.15, -0.1) is 0 Å². The predicted molar refractivity (Wildman–Crippen MR) is 77.8 cm³/mol. The fourth-order valence-corrected chi connectivity index (χ4v) is 2.12. The fraction of sp³-hybridized carbons (Fsp3) is 0.250. The molecule has 0 aliphatic rings. The largest absolute Gasteiger partial charge is 0.508 e. The molecule has 0 amide bonds. The Kier molecular flexibility index (Phi) is 4.13. The van der Waals surface area contributed by atoms with Crippen LogP contribution in [0.1, 0.15) is 24.1 Å². The number of halogens is 1. The van der Waals surface area contributed by atoms with Crippen LogP contribution in [-0.4, -0.2) is 12.2 Å². The molecule has 106 valence electrons. The number of ether oxygens (including phenoxy) is 1. The second-order valence-corrected chi connectivity index (χ2v) is 4.72. The van der Waals surface area contributed by atoms with Gasteiger partial charge in [0.15, 0.2) is 0 Å². The van der Waals surface area contributed by atoms with E-state index in [0.29, 0.717) is 17.0 Å². The summed E-state index contributed by atoms with van der Waals surface area (Å²) in [7, 11) is 1.56. The highest BCUT2D eigenvalue weighted by Crippen LogP contribution is 2.31. The Balaban J connectivity index is 2.30. The lowest BCUT2D eigenvalue weighted by Crippen LogP contribution is -2.09. The molecule has 4 heteroatoms. The van der Waals surface area contributed by atoms with Gasteiger partial charge in [-0.2, -0.15) is 0 Å². The summed E-state index contributed by atoms with van der Waals surface area (Å²) in [5, 5.41) is 13.0. The molecule has 0 spiro atoms. The van der Waals surface area contributed by atoms with Crippen LogP contribution in [0.15, 0.2) is 36.4 Å². The third-order valence-corrected chi connectivity index (χ3v) is 3.28. The van der Waals surface area contributed by atoms with Crippen molar-refractivity contribution in [3.8, 4) is 11.5 Å². The van der Waals surface area contributed by atoms with E-state index >= 15 is 0 Å². The molecule has 2 N–H and O–H groups in total. The minimum absolute atomic E-state index is 0.153. The van der Waals surface area contributed by atoms with Crippen LogP contribution in [-0.2, 0) is 0 Å². The Morgan fingerprint density at radius 1 is 1.25 bits per heavy atom. The average molecular weight is 275 g/mol. The Morgan fingerprint density at radius 2 is 2.00 bits per heavy atom. The van der Waals surface area contributed by atoms with Gasteiger partial charge in [0, 0.05) is 5.56 Å². The van der Waals surface area contributed by atoms with Crippen LogP contribution in [0.3, 0.4) is 0 Å². The van der Waals surface area contributed by atoms with Crippen molar-refractivity contribution in [3.05, 3.63) is 53.3 Å². The number of hydrogen-bond donors (Lipinski definition) is 2. The Hall–Kier alpha value is -2.23. The second-order valence-electron chi connectivity index (χ2n) is 4.72. The van der Waals surface area contributed by atoms with E-state index in [2.05, 4.69) is 5.32 Å². The summed E-state index contributed by atoms with van der Waals surface area (Å²) in [4.78, 5) is 0. The highest BCUT2D eigenvalue weighted by Gasteiger charge is 2.14. The first-order valence-electron chi connectivity index (χ1n) is 6.41. The Labute approximate surface area is 118 Å². The zero-order chi connectivity index (χ0) is 14.7. The number of para-hydroxylation sites is 1. The molecule has 2 aromatic carbocycles. The lowest BCUT2D eigenvalue weighted by molar-refractivity contribution is 0.410. The van der Waals surface area contributed by atoms with Crippen molar-refractivity contribution in [2.24, 2.45) is 0 Å². The van der Waals surface area contributed by atoms with Crippen molar-refractivity contribution in [2.75, 3.05) is 12.4 Å². The number of nitrogens with one attached hydrogen (secondary N) is 1. The highest BCUT2D eigenvalue weighted by molar-refractivity contribution is 5.54. The molecule has 1 atom stereocenters. The van der Waals surface area contributed by atoms with Gasteiger partial charge in [0.1, 0.15) is 17.3 Å². The molecule has 0 aliphatic heterocycles. The van der Waals surface area contributed by atoms with Gasteiger partial charge >= 0.3 is 0 Å². The van der Waals surface area contributed by atoms with E-state index in [0.717, 1.165) is 5.56 Å². The molecule has 0 heterocycles. The summed E-state index contributed by atoms with van der Waals surface area (Å²) in [6, 6.07) is 9.66. The van der Waals surface area contributed by atoms with E-state index in [1.807, 2.05) is 19.9 Å². The van der Waals surface area contributed by atoms with Crippen LogP contribution in [0.25, 0.3) is 0 Å². The summed E-state index contributed by atoms with van der Waals surface area (Å²) < 4.78 is 19.0. The fourth-order valence-electron chi connectivity index (χ4n) is 2.12. The third kappa shape index (κ3) is 2.85. The van der Waals surface area contributed by atoms with E-state index < -0.39 is 0 Å². The molecule has 0 saturated carbocycles. The van der Waals surface area contributed by atoms with E-state index in [-0.39, 0.29) is 17.6 Å². The van der Waals surface area contributed by atoms with Crippen LogP contribution in [0, 0.1) is 12.7 Å². The number of rotatable bonds is 4. The van der Waals surface area contributed by atoms with Crippen LogP contribution >= 0.6 is 0 Å². The summed E-state index contributed by atoms with van der Waals surface area (Å²) in [6.07, 6.45) is 0. The van der Waals surface area contributed by atoms with E-state index in [9.17, 15) is 9.50 Å². The van der Waals surface area contributed by atoms with Crippen LogP contribution in [0.4, 0.5) is 10.1 Å². The maximum atomic E-state index is 13.8. The Bertz CT molecular complexity index is 593. The molecule has 0 aliphatic carbocycles. The molecular formula is C16H18FNO2. The average Bonchev–Trinajstić information content (AvgIpc) is 2.43. The van der Waals surface area contributed by atoms with Crippen molar-refractivity contribution >= 4 is 5.69 Å². The molecule has 0 fully saturated rings. The highest BCUT2D eigenvalue weighted by atomic mass is 19.1. The minimum atomic E-state index is -0.306. The van der Waals surface area contributed by atoms with Gasteiger partial charge in [-0.1, -0.05) is 12.1 Å². The zero-order valence-electron chi connectivity index (χ0n) is 11.8. The molecule has 0 radical (unpaired) electrons. The van der Waals surface area contributed by atoms with E-state index in [1.165, 1.54) is 6.07 Å². The van der Waals surface area contributed by atoms with Gasteiger partial charge in [0.25, 0.3) is 0 Å². The lowest BCUT2D eigenvalue weighted by Gasteiger charge is -2.19. The van der Waals surface area contributed by atoms with Gasteiger partial charge in [0.2, 0.25) is 0 Å². The van der Waals surface area contributed by atoms with Crippen molar-refractivity contribution in [1.29, 1.82) is 0 Å². The molecule has 0 aromatic heterocycles. The summed E-state index contributed by atoms with van der Waals surface area (Å²) in [5.74, 6) is 0.496. The van der Waals surface area contributed by atoms with Crippen molar-refractivity contribution in [2.45, 2.75) is 19.9 Å². The zero-order valence-corrected chi connectivity index (χ0v) is 11.8. The van der Waals surface area contributed by atoms with E-state index in [1.54, 1.807) is 31.4 Å². The van der Waals surface area contributed by atoms with Crippen LogP contribution in [0.5, 0.6) is 11.5 Å². The maximum absolute atomic E-state index is 13.8. The second kappa shape index (κ2) is 5.82. The molecule has 2 aromatic rings. The quantitative estimate of drug-likeness (QED) is 0.885. The van der Waals surface area contributed by atoms with Gasteiger partial charge in [-0.05, 0) is 43.7 Å². The summed E-state index contributed by atoms with van der Waals surface area (Å²) >= 11 is 0. The topological polar surface area (TPSA) is 41.5 Å². The van der Waals surface area contributed by atoms with Crippen molar-refractivity contribution < 1.29 is 14.2 Å². The number of phenolic OH excluding ortho intramolecular Hbond substituents is 1. The molecule has 2 rings (SSSR count). The van der Waals surface area contributed by atoms with Gasteiger partial charge in [-0.3, -0.25) is 0 Å². The normalized spacial score (nSPS) is 12.0. The SMILES string of the molecule is COc1ccc(O)c(C(C)Nc2c(C)cccc2F)c1. The van der Waals surface area contributed by atoms with Gasteiger partial charge < -0.3 is 15.2 Å². The number of hydrogen-bond acceptors (Lipinski definition) is 3. The first-order valence-corrected chi connectivity index (χ1v) is 6.41. The molecule has 0 saturated heterocycles. The van der Waals surface area contributed by atoms with E-state index in [4.69, 9.17) is 4.74 Å².